The Morgan fingerprint density at radius 1 is 1.19 bits per heavy atom. The van der Waals surface area contributed by atoms with Crippen LogP contribution in [0.3, 0.4) is 0 Å². The zero-order chi connectivity index (χ0) is 22.1. The molecule has 166 valence electrons. The molecule has 0 unspecified atom stereocenters. The lowest BCUT2D eigenvalue weighted by molar-refractivity contribution is -0.118. The first kappa shape index (κ1) is 23.6. The fourth-order valence-electron chi connectivity index (χ4n) is 3.17. The molecule has 8 heteroatoms. The van der Waals surface area contributed by atoms with E-state index in [1.54, 1.807) is 6.07 Å². The minimum Gasteiger partial charge on any atom is -0.355 e. The second-order valence-corrected chi connectivity index (χ2v) is 9.25. The van der Waals surface area contributed by atoms with Crippen LogP contribution in [0.1, 0.15) is 19.4 Å². The minimum absolute atomic E-state index is 0.0130. The van der Waals surface area contributed by atoms with Gasteiger partial charge < -0.3 is 10.2 Å². The monoisotopic (exact) mass is 459 g/mol. The number of benzene rings is 1. The van der Waals surface area contributed by atoms with E-state index < -0.39 is 0 Å². The Bertz CT molecular complexity index is 870. The Labute approximate surface area is 194 Å². The van der Waals surface area contributed by atoms with Crippen molar-refractivity contribution in [3.63, 3.8) is 0 Å². The summed E-state index contributed by atoms with van der Waals surface area (Å²) < 4.78 is 0. The van der Waals surface area contributed by atoms with Crippen molar-refractivity contribution in [2.75, 3.05) is 49.9 Å². The molecule has 0 atom stereocenters. The SMILES string of the molecule is CC(C)CNC(=O)CSc1nc(Cl)cc(N2CCN(C/C=C/c3ccccc3)CC2)n1. The molecule has 3 rings (SSSR count). The lowest BCUT2D eigenvalue weighted by Gasteiger charge is -2.35. The number of amides is 1. The molecule has 2 aromatic rings. The Morgan fingerprint density at radius 2 is 1.94 bits per heavy atom. The van der Waals surface area contributed by atoms with Crippen LogP contribution in [0.15, 0.2) is 47.6 Å². The van der Waals surface area contributed by atoms with Crippen LogP contribution in [0.4, 0.5) is 5.82 Å². The number of piperazine rings is 1. The van der Waals surface area contributed by atoms with Crippen molar-refractivity contribution in [1.29, 1.82) is 0 Å². The van der Waals surface area contributed by atoms with E-state index in [2.05, 4.69) is 75.3 Å². The molecular weight excluding hydrogens is 430 g/mol. The second kappa shape index (κ2) is 12.1. The van der Waals surface area contributed by atoms with Crippen LogP contribution >= 0.6 is 23.4 Å². The van der Waals surface area contributed by atoms with Gasteiger partial charge in [-0.1, -0.05) is 79.7 Å². The number of aromatic nitrogens is 2. The maximum atomic E-state index is 12.0. The molecule has 0 radical (unpaired) electrons. The summed E-state index contributed by atoms with van der Waals surface area (Å²) in [5, 5.41) is 3.85. The van der Waals surface area contributed by atoms with Gasteiger partial charge in [-0.25, -0.2) is 9.97 Å². The molecule has 1 aliphatic rings. The molecular formula is C23H30ClN5OS. The average molecular weight is 460 g/mol. The van der Waals surface area contributed by atoms with Gasteiger partial charge in [0.25, 0.3) is 0 Å². The topological polar surface area (TPSA) is 61.4 Å². The second-order valence-electron chi connectivity index (χ2n) is 7.92. The van der Waals surface area contributed by atoms with Gasteiger partial charge in [-0.05, 0) is 11.5 Å². The lowest BCUT2D eigenvalue weighted by Crippen LogP contribution is -2.46. The average Bonchev–Trinajstić information content (AvgIpc) is 2.77. The van der Waals surface area contributed by atoms with E-state index >= 15 is 0 Å². The Morgan fingerprint density at radius 3 is 2.65 bits per heavy atom. The Kier molecular flexibility index (Phi) is 9.18. The third kappa shape index (κ3) is 8.16. The molecule has 31 heavy (non-hydrogen) atoms. The van der Waals surface area contributed by atoms with Crippen molar-refractivity contribution in [3.8, 4) is 0 Å². The molecule has 1 saturated heterocycles. The van der Waals surface area contributed by atoms with E-state index in [-0.39, 0.29) is 11.7 Å². The van der Waals surface area contributed by atoms with Gasteiger partial charge in [-0.15, -0.1) is 0 Å². The van der Waals surface area contributed by atoms with Gasteiger partial charge in [0.1, 0.15) is 11.0 Å². The first-order valence-corrected chi connectivity index (χ1v) is 12.0. The highest BCUT2D eigenvalue weighted by molar-refractivity contribution is 7.99. The molecule has 1 aromatic carbocycles. The van der Waals surface area contributed by atoms with Crippen LogP contribution in [0.2, 0.25) is 5.15 Å². The molecule has 0 aliphatic carbocycles. The van der Waals surface area contributed by atoms with Crippen LogP contribution in [-0.2, 0) is 4.79 Å². The standard InChI is InChI=1S/C23H30ClN5OS/c1-18(2)16-25-22(30)17-31-23-26-20(24)15-21(27-23)29-13-11-28(12-14-29)10-6-9-19-7-4-3-5-8-19/h3-9,15,18H,10-14,16-17H2,1-2H3,(H,25,30)/b9-6+. The number of nitrogens with one attached hydrogen (secondary N) is 1. The summed E-state index contributed by atoms with van der Waals surface area (Å²) in [6.45, 7) is 9.42. The lowest BCUT2D eigenvalue weighted by atomic mass is 10.2. The molecule has 2 heterocycles. The highest BCUT2D eigenvalue weighted by Crippen LogP contribution is 2.22. The first-order valence-electron chi connectivity index (χ1n) is 10.6. The highest BCUT2D eigenvalue weighted by Gasteiger charge is 2.19. The quantitative estimate of drug-likeness (QED) is 0.349. The zero-order valence-electron chi connectivity index (χ0n) is 18.1. The molecule has 1 aliphatic heterocycles. The van der Waals surface area contributed by atoms with Gasteiger partial charge >= 0.3 is 0 Å². The van der Waals surface area contributed by atoms with Crippen LogP contribution in [0, 0.1) is 5.92 Å². The number of carbonyl (C=O) groups excluding carboxylic acids is 1. The van der Waals surface area contributed by atoms with E-state index in [0.29, 0.717) is 22.8 Å². The van der Waals surface area contributed by atoms with E-state index in [4.69, 9.17) is 11.6 Å². The van der Waals surface area contributed by atoms with E-state index in [1.807, 2.05) is 6.07 Å². The predicted octanol–water partition coefficient (Wildman–Crippen LogP) is 3.83. The van der Waals surface area contributed by atoms with Crippen molar-refractivity contribution in [2.24, 2.45) is 5.92 Å². The van der Waals surface area contributed by atoms with Crippen molar-refractivity contribution in [2.45, 2.75) is 19.0 Å². The van der Waals surface area contributed by atoms with Crippen LogP contribution in [-0.4, -0.2) is 65.8 Å². The predicted molar refractivity (Wildman–Crippen MR) is 130 cm³/mol. The van der Waals surface area contributed by atoms with Crippen molar-refractivity contribution in [3.05, 3.63) is 53.2 Å². The maximum Gasteiger partial charge on any atom is 0.230 e. The highest BCUT2D eigenvalue weighted by atomic mass is 35.5. The normalized spacial score (nSPS) is 15.0. The van der Waals surface area contributed by atoms with Gasteiger partial charge in [-0.2, -0.15) is 0 Å². The summed E-state index contributed by atoms with van der Waals surface area (Å²) in [5.41, 5.74) is 1.22. The Balaban J connectivity index is 1.48. The molecule has 1 fully saturated rings. The number of hydrogen-bond donors (Lipinski definition) is 1. The van der Waals surface area contributed by atoms with Gasteiger partial charge in [0.05, 0.1) is 5.75 Å². The van der Waals surface area contributed by atoms with E-state index in [0.717, 1.165) is 38.5 Å². The number of anilines is 1. The number of rotatable bonds is 9. The maximum absolute atomic E-state index is 12.0. The van der Waals surface area contributed by atoms with Crippen molar-refractivity contribution >= 4 is 41.2 Å². The Hall–Kier alpha value is -2.09. The van der Waals surface area contributed by atoms with Crippen molar-refractivity contribution < 1.29 is 4.79 Å². The molecule has 1 N–H and O–H groups in total. The smallest absolute Gasteiger partial charge is 0.230 e. The van der Waals surface area contributed by atoms with Gasteiger partial charge in [0.15, 0.2) is 5.16 Å². The van der Waals surface area contributed by atoms with E-state index in [1.165, 1.54) is 17.3 Å². The van der Waals surface area contributed by atoms with Gasteiger partial charge in [0.2, 0.25) is 5.91 Å². The summed E-state index contributed by atoms with van der Waals surface area (Å²) in [4.78, 5) is 25.5. The fraction of sp³-hybridized carbons (Fsp3) is 0.435. The summed E-state index contributed by atoms with van der Waals surface area (Å²) in [7, 11) is 0. The summed E-state index contributed by atoms with van der Waals surface area (Å²) in [6, 6.07) is 12.1. The van der Waals surface area contributed by atoms with Gasteiger partial charge in [-0.3, -0.25) is 9.69 Å². The van der Waals surface area contributed by atoms with Crippen LogP contribution < -0.4 is 10.2 Å². The van der Waals surface area contributed by atoms with E-state index in [9.17, 15) is 4.79 Å². The molecule has 0 saturated carbocycles. The number of thioether (sulfide) groups is 1. The third-order valence-electron chi connectivity index (χ3n) is 4.87. The zero-order valence-corrected chi connectivity index (χ0v) is 19.7. The minimum atomic E-state index is -0.0130. The van der Waals surface area contributed by atoms with Crippen LogP contribution in [0.5, 0.6) is 0 Å². The van der Waals surface area contributed by atoms with Gasteiger partial charge in [0, 0.05) is 45.3 Å². The number of carbonyl (C=O) groups is 1. The largest absolute Gasteiger partial charge is 0.355 e. The summed E-state index contributed by atoms with van der Waals surface area (Å²) >= 11 is 7.55. The molecule has 0 bridgehead atoms. The number of nitrogens with zero attached hydrogens (tertiary/aromatic N) is 4. The summed E-state index contributed by atoms with van der Waals surface area (Å²) in [6.07, 6.45) is 4.38. The van der Waals surface area contributed by atoms with Crippen molar-refractivity contribution in [1.82, 2.24) is 20.2 Å². The van der Waals surface area contributed by atoms with Crippen LogP contribution in [0.25, 0.3) is 6.08 Å². The summed E-state index contributed by atoms with van der Waals surface area (Å²) in [5.74, 6) is 1.52. The number of halogens is 1. The molecule has 1 aromatic heterocycles. The molecule has 0 spiro atoms. The fourth-order valence-corrected chi connectivity index (χ4v) is 4.08. The molecule has 6 nitrogen and oxygen atoms in total. The number of hydrogen-bond acceptors (Lipinski definition) is 6. The third-order valence-corrected chi connectivity index (χ3v) is 5.91. The first-order chi connectivity index (χ1) is 15.0. The molecule has 1 amide bonds.